The van der Waals surface area contributed by atoms with Crippen LogP contribution in [-0.2, 0) is 0 Å². The Kier molecular flexibility index (Phi) is 2.23. The molecule has 0 radical (unpaired) electrons. The van der Waals surface area contributed by atoms with Crippen molar-refractivity contribution in [3.63, 3.8) is 0 Å². The van der Waals surface area contributed by atoms with E-state index in [1.165, 1.54) is 18.2 Å². The molecule has 3 nitrogen and oxygen atoms in total. The zero-order chi connectivity index (χ0) is 9.14. The first-order valence-electron chi connectivity index (χ1n) is 3.13. The molecule has 0 saturated heterocycles. The number of amides is 1. The lowest BCUT2D eigenvalue weighted by molar-refractivity contribution is 0.100. The molecule has 0 heterocycles. The minimum Gasteiger partial charge on any atom is -0.366 e. The van der Waals surface area contributed by atoms with Gasteiger partial charge < -0.3 is 5.73 Å². The predicted octanol–water partition coefficient (Wildman–Crippen LogP) is 1.36. The quantitative estimate of drug-likeness (QED) is 0.684. The summed E-state index contributed by atoms with van der Waals surface area (Å²) in [5, 5.41) is -1.08. The number of benzene rings is 1. The first-order valence-corrected chi connectivity index (χ1v) is 3.13. The Morgan fingerprint density at radius 3 is 2.58 bits per heavy atom. The monoisotopic (exact) mass is 172 g/mol. The number of carbonyl (C=O) groups is 1. The molecule has 0 unspecified atom stereocenters. The van der Waals surface area contributed by atoms with Crippen molar-refractivity contribution in [2.45, 2.75) is 0 Å². The van der Waals surface area contributed by atoms with Crippen molar-refractivity contribution < 1.29 is 13.8 Å². The third-order valence-corrected chi connectivity index (χ3v) is 1.33. The zero-order valence-corrected chi connectivity index (χ0v) is 6.00. The van der Waals surface area contributed by atoms with E-state index < -0.39 is 11.3 Å². The summed E-state index contributed by atoms with van der Waals surface area (Å²) in [7, 11) is 0. The Morgan fingerprint density at radius 1 is 1.42 bits per heavy atom. The van der Waals surface area contributed by atoms with E-state index in [1.807, 2.05) is 0 Å². The fraction of sp³-hybridized carbons (Fsp3) is 0. The maximum Gasteiger partial charge on any atom is 0.248 e. The van der Waals surface area contributed by atoms with Crippen LogP contribution >= 0.6 is 0 Å². The topological polar surface area (TPSA) is 46.3 Å². The van der Waals surface area contributed by atoms with Crippen LogP contribution in [-0.4, -0.2) is 5.91 Å². The van der Waals surface area contributed by atoms with Crippen molar-refractivity contribution >= 4 is 11.6 Å². The van der Waals surface area contributed by atoms with E-state index in [0.717, 1.165) is 6.07 Å². The van der Waals surface area contributed by atoms with Gasteiger partial charge in [-0.15, -0.1) is 0 Å². The second kappa shape index (κ2) is 3.17. The zero-order valence-electron chi connectivity index (χ0n) is 6.00. The highest BCUT2D eigenvalue weighted by Crippen LogP contribution is 2.16. The second-order valence-electron chi connectivity index (χ2n) is 2.15. The SMILES string of the molecule is NC(=O)c1cccc(N(F)F)c1. The molecule has 1 rings (SSSR count). The van der Waals surface area contributed by atoms with Crippen LogP contribution in [0.25, 0.3) is 0 Å². The van der Waals surface area contributed by atoms with Crippen LogP contribution in [0, 0.1) is 0 Å². The van der Waals surface area contributed by atoms with Crippen molar-refractivity contribution in [1.82, 2.24) is 0 Å². The molecule has 12 heavy (non-hydrogen) atoms. The Bertz CT molecular complexity index is 301. The average molecular weight is 172 g/mol. The molecule has 64 valence electrons. The van der Waals surface area contributed by atoms with Crippen LogP contribution in [0.4, 0.5) is 14.6 Å². The highest BCUT2D eigenvalue weighted by molar-refractivity contribution is 5.93. The molecule has 0 bridgehead atoms. The number of primary amides is 1. The van der Waals surface area contributed by atoms with E-state index in [2.05, 4.69) is 0 Å². The lowest BCUT2D eigenvalue weighted by Gasteiger charge is -2.02. The largest absolute Gasteiger partial charge is 0.366 e. The van der Waals surface area contributed by atoms with Crippen LogP contribution in [0.3, 0.4) is 0 Å². The van der Waals surface area contributed by atoms with Gasteiger partial charge in [0.15, 0.2) is 0 Å². The Morgan fingerprint density at radius 2 is 2.08 bits per heavy atom. The number of rotatable bonds is 2. The molecule has 0 fully saturated rings. The molecule has 1 aromatic rings. The summed E-state index contributed by atoms with van der Waals surface area (Å²) >= 11 is 0. The van der Waals surface area contributed by atoms with Gasteiger partial charge in [-0.25, -0.2) is 0 Å². The summed E-state index contributed by atoms with van der Waals surface area (Å²) < 4.78 is 23.8. The summed E-state index contributed by atoms with van der Waals surface area (Å²) in [6, 6.07) is 4.89. The van der Waals surface area contributed by atoms with E-state index in [0.29, 0.717) is 0 Å². The number of hydrogen-bond donors (Lipinski definition) is 1. The normalized spacial score (nSPS) is 9.50. The fourth-order valence-corrected chi connectivity index (χ4v) is 0.764. The number of nitrogens with zero attached hydrogens (tertiary/aromatic N) is 1. The first-order chi connectivity index (χ1) is 5.61. The van der Waals surface area contributed by atoms with Crippen LogP contribution in [0.15, 0.2) is 24.3 Å². The fourth-order valence-electron chi connectivity index (χ4n) is 0.764. The smallest absolute Gasteiger partial charge is 0.248 e. The maximum atomic E-state index is 11.9. The van der Waals surface area contributed by atoms with Gasteiger partial charge in [-0.2, -0.15) is 0 Å². The van der Waals surface area contributed by atoms with Crippen molar-refractivity contribution in [3.8, 4) is 0 Å². The van der Waals surface area contributed by atoms with Crippen LogP contribution in [0.5, 0.6) is 0 Å². The van der Waals surface area contributed by atoms with Crippen molar-refractivity contribution in [3.05, 3.63) is 29.8 Å². The van der Waals surface area contributed by atoms with Crippen molar-refractivity contribution in [2.24, 2.45) is 5.73 Å². The summed E-state index contributed by atoms with van der Waals surface area (Å²) in [4.78, 5) is 10.5. The lowest BCUT2D eigenvalue weighted by Crippen LogP contribution is -2.11. The molecular weight excluding hydrogens is 166 g/mol. The first kappa shape index (κ1) is 8.45. The van der Waals surface area contributed by atoms with Gasteiger partial charge in [0.05, 0.1) is 0 Å². The summed E-state index contributed by atoms with van der Waals surface area (Å²) in [6.45, 7) is 0. The predicted molar refractivity (Wildman–Crippen MR) is 39.7 cm³/mol. The molecule has 0 atom stereocenters. The third kappa shape index (κ3) is 1.69. The molecule has 5 heteroatoms. The molecule has 0 aromatic heterocycles. The van der Waals surface area contributed by atoms with Gasteiger partial charge in [-0.05, 0) is 23.5 Å². The molecule has 0 saturated carbocycles. The van der Waals surface area contributed by atoms with Gasteiger partial charge in [-0.3, -0.25) is 4.79 Å². The van der Waals surface area contributed by atoms with Gasteiger partial charge in [0.25, 0.3) is 0 Å². The lowest BCUT2D eigenvalue weighted by atomic mass is 10.2. The number of carbonyl (C=O) groups excluding carboxylic acids is 1. The molecule has 0 aliphatic heterocycles. The molecule has 0 spiro atoms. The number of anilines is 1. The van der Waals surface area contributed by atoms with Gasteiger partial charge in [0.2, 0.25) is 5.91 Å². The summed E-state index contributed by atoms with van der Waals surface area (Å²) in [5.41, 5.74) is 4.59. The number of nitrogens with two attached hydrogens (primary N) is 1. The van der Waals surface area contributed by atoms with E-state index in [9.17, 15) is 13.8 Å². The van der Waals surface area contributed by atoms with Crippen LogP contribution in [0.1, 0.15) is 10.4 Å². The van der Waals surface area contributed by atoms with E-state index in [1.54, 1.807) is 0 Å². The summed E-state index contributed by atoms with van der Waals surface area (Å²) in [6.07, 6.45) is 0. The molecule has 0 aliphatic rings. The third-order valence-electron chi connectivity index (χ3n) is 1.33. The molecule has 2 N–H and O–H groups in total. The summed E-state index contributed by atoms with van der Waals surface area (Å²) in [5.74, 6) is -0.723. The van der Waals surface area contributed by atoms with Crippen LogP contribution < -0.4 is 11.1 Å². The molecule has 1 amide bonds. The van der Waals surface area contributed by atoms with Gasteiger partial charge in [-0.1, -0.05) is 15.0 Å². The van der Waals surface area contributed by atoms with E-state index in [4.69, 9.17) is 5.73 Å². The van der Waals surface area contributed by atoms with Crippen LogP contribution in [0.2, 0.25) is 0 Å². The van der Waals surface area contributed by atoms with Gasteiger partial charge in [0.1, 0.15) is 5.69 Å². The molecular formula is C7H6F2N2O. The van der Waals surface area contributed by atoms with Gasteiger partial charge in [0, 0.05) is 5.56 Å². The molecule has 1 aromatic carbocycles. The maximum absolute atomic E-state index is 11.9. The van der Waals surface area contributed by atoms with E-state index >= 15 is 0 Å². The highest BCUT2D eigenvalue weighted by atomic mass is 19.4. The Hall–Kier alpha value is -1.65. The average Bonchev–Trinajstić information content (AvgIpc) is 2.04. The minimum absolute atomic E-state index is 0.0628. The van der Waals surface area contributed by atoms with Crippen molar-refractivity contribution in [1.29, 1.82) is 0 Å². The standard InChI is InChI=1S/C7H6F2N2O/c8-11(9)6-3-1-2-5(4-6)7(10)12/h1-4H,(H2,10,12). The minimum atomic E-state index is -1.08. The van der Waals surface area contributed by atoms with Gasteiger partial charge >= 0.3 is 0 Å². The van der Waals surface area contributed by atoms with Crippen molar-refractivity contribution in [2.75, 3.05) is 5.34 Å². The number of halogens is 2. The Labute approximate surface area is 67.3 Å². The molecule has 0 aliphatic carbocycles. The number of hydrogen-bond acceptors (Lipinski definition) is 2. The second-order valence-corrected chi connectivity index (χ2v) is 2.15. The highest BCUT2D eigenvalue weighted by Gasteiger charge is 2.05. The van der Waals surface area contributed by atoms with E-state index in [-0.39, 0.29) is 11.3 Å². The Balaban J connectivity index is 3.04.